The second-order valence-corrected chi connectivity index (χ2v) is 14.5. The van der Waals surface area contributed by atoms with Gasteiger partial charge in [0.1, 0.15) is 17.9 Å². The van der Waals surface area contributed by atoms with Gasteiger partial charge in [0.15, 0.2) is 32.1 Å². The second kappa shape index (κ2) is 8.33. The van der Waals surface area contributed by atoms with E-state index in [4.69, 9.17) is 19.6 Å². The van der Waals surface area contributed by atoms with Gasteiger partial charge in [0, 0.05) is 5.75 Å². The fraction of sp³-hybridized carbons (Fsp3) is 0.667. The van der Waals surface area contributed by atoms with Crippen LogP contribution >= 0.6 is 11.8 Å². The zero-order valence-electron chi connectivity index (χ0n) is 18.0. The van der Waals surface area contributed by atoms with Crippen LogP contribution in [0.1, 0.15) is 27.0 Å². The van der Waals surface area contributed by atoms with E-state index in [2.05, 4.69) is 48.8 Å². The molecular formula is C18H29N5O5SSi. The Balaban J connectivity index is 2.04. The average molecular weight is 456 g/mol. The number of fused-ring (bicyclic) bond motifs is 1. The fourth-order valence-corrected chi connectivity index (χ4v) is 5.10. The third kappa shape index (κ3) is 4.27. The van der Waals surface area contributed by atoms with Gasteiger partial charge in [-0.05, 0) is 24.4 Å². The van der Waals surface area contributed by atoms with Crippen LogP contribution in [0.2, 0.25) is 18.1 Å². The van der Waals surface area contributed by atoms with Gasteiger partial charge in [0.25, 0.3) is 0 Å². The van der Waals surface area contributed by atoms with E-state index in [1.165, 1.54) is 12.7 Å². The lowest BCUT2D eigenvalue weighted by Crippen LogP contribution is -2.50. The lowest BCUT2D eigenvalue weighted by atomic mass is 10.1. The number of nitrogens with zero attached hydrogens (tertiary/aromatic N) is 4. The minimum absolute atomic E-state index is 0.0633. The highest BCUT2D eigenvalue weighted by molar-refractivity contribution is 7.98. The summed E-state index contributed by atoms with van der Waals surface area (Å²) in [5.74, 6) is 0.862. The predicted octanol–water partition coefficient (Wildman–Crippen LogP) is 3.12. The Hall–Kier alpha value is -1.89. The number of aromatic nitrogens is 4. The summed E-state index contributed by atoms with van der Waals surface area (Å²) in [5, 5.41) is 9.38. The minimum atomic E-state index is -2.24. The first kappa shape index (κ1) is 22.8. The maximum atomic E-state index is 11.6. The first-order valence-corrected chi connectivity index (χ1v) is 13.9. The Labute approximate surface area is 180 Å². The molecule has 1 aliphatic rings. The van der Waals surface area contributed by atoms with Crippen molar-refractivity contribution in [3.63, 3.8) is 0 Å². The number of rotatable bonds is 6. The van der Waals surface area contributed by atoms with E-state index >= 15 is 0 Å². The summed E-state index contributed by atoms with van der Waals surface area (Å²) in [4.78, 5) is 24.1. The highest BCUT2D eigenvalue weighted by Crippen LogP contribution is 2.43. The number of nitrogen functional groups attached to an aromatic ring is 1. The van der Waals surface area contributed by atoms with Gasteiger partial charge in [-0.25, -0.2) is 19.7 Å². The molecule has 10 nitrogen and oxygen atoms in total. The number of carbonyl (C=O) groups is 1. The Morgan fingerprint density at radius 2 is 2.03 bits per heavy atom. The van der Waals surface area contributed by atoms with Crippen LogP contribution in [0.5, 0.6) is 0 Å². The van der Waals surface area contributed by atoms with Crippen molar-refractivity contribution in [3.05, 3.63) is 12.7 Å². The SMILES string of the molecule is CSC[C@H]1O[C@@H](n2cnc3c(N)ncnc32)[C@@H](OC(=O)O)[C@@H]1O[Si](C)(C)C(C)(C)C. The van der Waals surface area contributed by atoms with Crippen LogP contribution < -0.4 is 5.73 Å². The van der Waals surface area contributed by atoms with Crippen molar-refractivity contribution in [1.82, 2.24) is 19.5 Å². The Kier molecular flexibility index (Phi) is 6.32. The number of anilines is 1. The van der Waals surface area contributed by atoms with Gasteiger partial charge in [-0.1, -0.05) is 20.8 Å². The van der Waals surface area contributed by atoms with Crippen molar-refractivity contribution in [2.45, 2.75) is 63.4 Å². The molecule has 3 heterocycles. The van der Waals surface area contributed by atoms with Crippen LogP contribution in [0.4, 0.5) is 10.6 Å². The topological polar surface area (TPSA) is 135 Å². The minimum Gasteiger partial charge on any atom is -0.450 e. The van der Waals surface area contributed by atoms with Crippen LogP contribution in [0, 0.1) is 0 Å². The molecule has 0 aliphatic carbocycles. The van der Waals surface area contributed by atoms with Crippen LogP contribution in [0.3, 0.4) is 0 Å². The van der Waals surface area contributed by atoms with E-state index in [-0.39, 0.29) is 17.0 Å². The molecule has 0 spiro atoms. The molecule has 1 fully saturated rings. The molecule has 0 unspecified atom stereocenters. The zero-order valence-corrected chi connectivity index (χ0v) is 19.8. The summed E-state index contributed by atoms with van der Waals surface area (Å²) < 4.78 is 19.9. The van der Waals surface area contributed by atoms with E-state index in [1.807, 2.05) is 6.26 Å². The number of nitrogens with two attached hydrogens (primary N) is 1. The smallest absolute Gasteiger partial charge is 0.450 e. The molecule has 3 N–H and O–H groups in total. The molecule has 0 bridgehead atoms. The maximum absolute atomic E-state index is 11.6. The second-order valence-electron chi connectivity index (χ2n) is 8.79. The Morgan fingerprint density at radius 1 is 1.33 bits per heavy atom. The summed E-state index contributed by atoms with van der Waals surface area (Å²) in [6.07, 6.45) is 0.837. The molecule has 0 aromatic carbocycles. The molecule has 1 saturated heterocycles. The lowest BCUT2D eigenvalue weighted by Gasteiger charge is -2.40. The van der Waals surface area contributed by atoms with Gasteiger partial charge >= 0.3 is 6.16 Å². The van der Waals surface area contributed by atoms with Crippen LogP contribution in [0.25, 0.3) is 11.2 Å². The van der Waals surface area contributed by atoms with Gasteiger partial charge in [-0.3, -0.25) is 4.57 Å². The molecule has 2 aromatic rings. The highest BCUT2D eigenvalue weighted by atomic mass is 32.2. The molecule has 30 heavy (non-hydrogen) atoms. The fourth-order valence-electron chi connectivity index (χ4n) is 3.19. The monoisotopic (exact) mass is 455 g/mol. The molecule has 0 saturated carbocycles. The van der Waals surface area contributed by atoms with Crippen molar-refractivity contribution in [3.8, 4) is 0 Å². The van der Waals surface area contributed by atoms with Gasteiger partial charge in [-0.2, -0.15) is 11.8 Å². The zero-order chi connectivity index (χ0) is 22.3. The van der Waals surface area contributed by atoms with Crippen molar-refractivity contribution in [1.29, 1.82) is 0 Å². The van der Waals surface area contributed by atoms with E-state index in [1.54, 1.807) is 16.3 Å². The summed E-state index contributed by atoms with van der Waals surface area (Å²) in [6.45, 7) is 10.6. The van der Waals surface area contributed by atoms with Crippen molar-refractivity contribution >= 4 is 43.2 Å². The van der Waals surface area contributed by atoms with Crippen LogP contribution in [-0.4, -0.2) is 69.4 Å². The summed E-state index contributed by atoms with van der Waals surface area (Å²) in [5.41, 5.74) is 6.77. The molecule has 0 amide bonds. The molecule has 4 atom stereocenters. The van der Waals surface area contributed by atoms with Gasteiger partial charge < -0.3 is 24.7 Å². The number of imidazole rings is 1. The predicted molar refractivity (Wildman–Crippen MR) is 117 cm³/mol. The van der Waals surface area contributed by atoms with Crippen LogP contribution in [-0.2, 0) is 13.9 Å². The third-order valence-electron chi connectivity index (χ3n) is 5.75. The van der Waals surface area contributed by atoms with Crippen molar-refractivity contribution in [2.24, 2.45) is 0 Å². The molecule has 2 aromatic heterocycles. The molecule has 3 rings (SSSR count). The van der Waals surface area contributed by atoms with Crippen molar-refractivity contribution < 1.29 is 23.8 Å². The highest BCUT2D eigenvalue weighted by Gasteiger charge is 2.52. The van der Waals surface area contributed by atoms with Gasteiger partial charge in [0.05, 0.1) is 12.4 Å². The largest absolute Gasteiger partial charge is 0.506 e. The van der Waals surface area contributed by atoms with Gasteiger partial charge in [0.2, 0.25) is 0 Å². The standard InChI is InChI=1S/C18H29N5O5SSi/c1-18(2,3)30(5,6)28-12-10(7-29-4)26-16(13(12)27-17(24)25)23-9-22-11-14(19)20-8-21-15(11)23/h8-10,12-13,16H,7H2,1-6H3,(H,24,25)(H2,19,20,21)/t10-,12-,13+,16-/m1/s1. The van der Waals surface area contributed by atoms with Gasteiger partial charge in [-0.15, -0.1) is 0 Å². The quantitative estimate of drug-likeness (QED) is 0.494. The van der Waals surface area contributed by atoms with E-state index in [9.17, 15) is 9.90 Å². The molecular weight excluding hydrogens is 426 g/mol. The Morgan fingerprint density at radius 3 is 2.63 bits per heavy atom. The van der Waals surface area contributed by atoms with E-state index < -0.39 is 32.9 Å². The first-order valence-electron chi connectivity index (χ1n) is 9.61. The Bertz CT molecular complexity index is 918. The third-order valence-corrected chi connectivity index (χ3v) is 10.9. The summed E-state index contributed by atoms with van der Waals surface area (Å²) in [6, 6.07) is 0. The number of carboxylic acid groups (broad SMARTS) is 1. The number of hydrogen-bond acceptors (Lipinski definition) is 9. The molecule has 12 heteroatoms. The van der Waals surface area contributed by atoms with E-state index in [0.717, 1.165) is 0 Å². The average Bonchev–Trinajstić information content (AvgIpc) is 3.18. The molecule has 166 valence electrons. The molecule has 1 aliphatic heterocycles. The maximum Gasteiger partial charge on any atom is 0.506 e. The van der Waals surface area contributed by atoms with Crippen LogP contribution in [0.15, 0.2) is 12.7 Å². The summed E-state index contributed by atoms with van der Waals surface area (Å²) in [7, 11) is -2.24. The van der Waals surface area contributed by atoms with Crippen molar-refractivity contribution in [2.75, 3.05) is 17.7 Å². The number of ether oxygens (including phenoxy) is 2. The normalized spacial score (nSPS) is 25.0. The lowest BCUT2D eigenvalue weighted by molar-refractivity contribution is -0.0472. The van der Waals surface area contributed by atoms with E-state index in [0.29, 0.717) is 16.9 Å². The number of hydrogen-bond donors (Lipinski definition) is 2. The number of thioether (sulfide) groups is 1. The first-order chi connectivity index (χ1) is 14.0. The summed E-state index contributed by atoms with van der Waals surface area (Å²) >= 11 is 1.60. The molecule has 0 radical (unpaired) electrons.